The molecule has 2 rings (SSSR count). The van der Waals surface area contributed by atoms with E-state index in [9.17, 15) is 4.79 Å². The van der Waals surface area contributed by atoms with Crippen LogP contribution in [-0.2, 0) is 11.3 Å². The number of amides is 1. The minimum absolute atomic E-state index is 0.149. The van der Waals surface area contributed by atoms with E-state index in [0.29, 0.717) is 36.2 Å². The summed E-state index contributed by atoms with van der Waals surface area (Å²) in [5.41, 5.74) is 1.03. The summed E-state index contributed by atoms with van der Waals surface area (Å²) in [5.74, 6) is 2.33. The van der Waals surface area contributed by atoms with Crippen molar-refractivity contribution in [2.24, 2.45) is 0 Å². The Bertz CT molecular complexity index is 684. The van der Waals surface area contributed by atoms with Crippen LogP contribution in [-0.4, -0.2) is 43.3 Å². The fourth-order valence-electron chi connectivity index (χ4n) is 2.31. The lowest BCUT2D eigenvalue weighted by Crippen LogP contribution is -2.29. The van der Waals surface area contributed by atoms with Crippen LogP contribution in [0.4, 0.5) is 5.82 Å². The van der Waals surface area contributed by atoms with Crippen molar-refractivity contribution in [1.82, 2.24) is 10.1 Å². The van der Waals surface area contributed by atoms with Gasteiger partial charge in [0.15, 0.2) is 17.3 Å². The van der Waals surface area contributed by atoms with Gasteiger partial charge in [0, 0.05) is 12.6 Å². The molecule has 0 fully saturated rings. The smallest absolute Gasteiger partial charge is 0.239 e. The largest absolute Gasteiger partial charge is 0.493 e. The van der Waals surface area contributed by atoms with Gasteiger partial charge in [0.25, 0.3) is 0 Å². The highest BCUT2D eigenvalue weighted by Gasteiger charge is 2.11. The average molecular weight is 333 g/mol. The topological polar surface area (TPSA) is 76.8 Å². The Labute approximate surface area is 141 Å². The number of anilines is 1. The molecule has 1 heterocycles. The first-order valence-corrected chi connectivity index (χ1v) is 7.73. The molecule has 7 heteroatoms. The Morgan fingerprint density at radius 1 is 1.33 bits per heavy atom. The Kier molecular flexibility index (Phi) is 6.20. The molecule has 1 aromatic heterocycles. The standard InChI is InChI=1S/C17H23N3O4/c1-5-23-14-7-6-13(9-15(14)22-4)10-20(3)11-17(21)18-16-8-12(2)24-19-16/h6-9H,5,10-11H2,1-4H3,(H,18,19,21). The van der Waals surface area contributed by atoms with Gasteiger partial charge in [-0.05, 0) is 38.6 Å². The summed E-state index contributed by atoms with van der Waals surface area (Å²) < 4.78 is 15.8. The summed E-state index contributed by atoms with van der Waals surface area (Å²) in [6.45, 7) is 5.12. The van der Waals surface area contributed by atoms with Crippen LogP contribution in [0.5, 0.6) is 11.5 Å². The van der Waals surface area contributed by atoms with Crippen molar-refractivity contribution in [2.75, 3.05) is 32.6 Å². The van der Waals surface area contributed by atoms with E-state index in [0.717, 1.165) is 5.56 Å². The van der Waals surface area contributed by atoms with Crippen molar-refractivity contribution in [3.63, 3.8) is 0 Å². The zero-order valence-corrected chi connectivity index (χ0v) is 14.5. The first-order valence-electron chi connectivity index (χ1n) is 7.73. The number of aromatic nitrogens is 1. The second-order valence-electron chi connectivity index (χ2n) is 5.46. The van der Waals surface area contributed by atoms with Gasteiger partial charge in [0.1, 0.15) is 5.76 Å². The van der Waals surface area contributed by atoms with E-state index >= 15 is 0 Å². The summed E-state index contributed by atoms with van der Waals surface area (Å²) in [7, 11) is 3.48. The van der Waals surface area contributed by atoms with Gasteiger partial charge in [0.2, 0.25) is 5.91 Å². The van der Waals surface area contributed by atoms with Crippen LogP contribution in [0, 0.1) is 6.92 Å². The maximum Gasteiger partial charge on any atom is 0.239 e. The Morgan fingerprint density at radius 3 is 2.75 bits per heavy atom. The lowest BCUT2D eigenvalue weighted by molar-refractivity contribution is -0.117. The van der Waals surface area contributed by atoms with Crippen LogP contribution < -0.4 is 14.8 Å². The monoisotopic (exact) mass is 333 g/mol. The first-order chi connectivity index (χ1) is 11.5. The molecule has 0 bridgehead atoms. The van der Waals surface area contributed by atoms with Crippen LogP contribution in [0.3, 0.4) is 0 Å². The van der Waals surface area contributed by atoms with Gasteiger partial charge in [-0.25, -0.2) is 0 Å². The van der Waals surface area contributed by atoms with E-state index in [-0.39, 0.29) is 12.5 Å². The molecule has 1 N–H and O–H groups in total. The van der Waals surface area contributed by atoms with E-state index in [2.05, 4.69) is 10.5 Å². The van der Waals surface area contributed by atoms with Gasteiger partial charge >= 0.3 is 0 Å². The minimum atomic E-state index is -0.149. The molecule has 0 aliphatic heterocycles. The molecule has 0 atom stereocenters. The Balaban J connectivity index is 1.91. The van der Waals surface area contributed by atoms with E-state index < -0.39 is 0 Å². The molecule has 1 amide bonds. The molecule has 1 aromatic carbocycles. The third-order valence-corrected chi connectivity index (χ3v) is 3.29. The van der Waals surface area contributed by atoms with Gasteiger partial charge < -0.3 is 19.3 Å². The van der Waals surface area contributed by atoms with Crippen molar-refractivity contribution in [2.45, 2.75) is 20.4 Å². The van der Waals surface area contributed by atoms with E-state index in [1.54, 1.807) is 20.1 Å². The maximum atomic E-state index is 12.0. The van der Waals surface area contributed by atoms with Crippen LogP contribution in [0.15, 0.2) is 28.8 Å². The molecule has 0 saturated carbocycles. The molecule has 0 aliphatic carbocycles. The molecule has 0 unspecified atom stereocenters. The molecule has 0 aliphatic rings. The van der Waals surface area contributed by atoms with Crippen LogP contribution in [0.2, 0.25) is 0 Å². The average Bonchev–Trinajstić information content (AvgIpc) is 2.93. The first kappa shape index (κ1) is 17.8. The van der Waals surface area contributed by atoms with Gasteiger partial charge in [-0.3, -0.25) is 9.69 Å². The number of carbonyl (C=O) groups excluding carboxylic acids is 1. The molecular weight excluding hydrogens is 310 g/mol. The van der Waals surface area contributed by atoms with Crippen LogP contribution >= 0.6 is 0 Å². The zero-order chi connectivity index (χ0) is 17.5. The number of benzene rings is 1. The second kappa shape index (κ2) is 8.35. The lowest BCUT2D eigenvalue weighted by Gasteiger charge is -2.17. The fourth-order valence-corrected chi connectivity index (χ4v) is 2.31. The highest BCUT2D eigenvalue weighted by molar-refractivity contribution is 5.91. The van der Waals surface area contributed by atoms with E-state index in [4.69, 9.17) is 14.0 Å². The number of methoxy groups -OCH3 is 1. The Morgan fingerprint density at radius 2 is 2.12 bits per heavy atom. The number of nitrogens with zero attached hydrogens (tertiary/aromatic N) is 2. The molecule has 24 heavy (non-hydrogen) atoms. The SMILES string of the molecule is CCOc1ccc(CN(C)CC(=O)Nc2cc(C)on2)cc1OC. The molecule has 0 radical (unpaired) electrons. The summed E-state index contributed by atoms with van der Waals surface area (Å²) >= 11 is 0. The predicted molar refractivity (Wildman–Crippen MR) is 90.4 cm³/mol. The highest BCUT2D eigenvalue weighted by Crippen LogP contribution is 2.28. The molecule has 130 valence electrons. The van der Waals surface area contributed by atoms with Gasteiger partial charge in [-0.2, -0.15) is 0 Å². The normalized spacial score (nSPS) is 10.7. The number of hydrogen-bond donors (Lipinski definition) is 1. The number of carbonyl (C=O) groups is 1. The number of rotatable bonds is 8. The third-order valence-electron chi connectivity index (χ3n) is 3.29. The van der Waals surface area contributed by atoms with Crippen molar-refractivity contribution in [3.8, 4) is 11.5 Å². The van der Waals surface area contributed by atoms with Crippen molar-refractivity contribution in [1.29, 1.82) is 0 Å². The van der Waals surface area contributed by atoms with Gasteiger partial charge in [0.05, 0.1) is 20.3 Å². The van der Waals surface area contributed by atoms with Crippen LogP contribution in [0.25, 0.3) is 0 Å². The number of aryl methyl sites for hydroxylation is 1. The quantitative estimate of drug-likeness (QED) is 0.800. The predicted octanol–water partition coefficient (Wildman–Crippen LogP) is 2.46. The number of nitrogens with one attached hydrogen (secondary N) is 1. The molecule has 0 saturated heterocycles. The fraction of sp³-hybridized carbons (Fsp3) is 0.412. The van der Waals surface area contributed by atoms with Crippen molar-refractivity contribution in [3.05, 3.63) is 35.6 Å². The molecule has 7 nitrogen and oxygen atoms in total. The Hall–Kier alpha value is -2.54. The van der Waals surface area contributed by atoms with E-state index in [1.165, 1.54) is 0 Å². The van der Waals surface area contributed by atoms with Gasteiger partial charge in [-0.15, -0.1) is 0 Å². The maximum absolute atomic E-state index is 12.0. The number of ether oxygens (including phenoxy) is 2. The summed E-state index contributed by atoms with van der Waals surface area (Å²) in [6.07, 6.45) is 0. The highest BCUT2D eigenvalue weighted by atomic mass is 16.5. The molecule has 2 aromatic rings. The third kappa shape index (κ3) is 4.99. The summed E-state index contributed by atoms with van der Waals surface area (Å²) in [4.78, 5) is 13.9. The number of hydrogen-bond acceptors (Lipinski definition) is 6. The lowest BCUT2D eigenvalue weighted by atomic mass is 10.2. The van der Waals surface area contributed by atoms with Gasteiger partial charge in [-0.1, -0.05) is 11.2 Å². The zero-order valence-electron chi connectivity index (χ0n) is 14.5. The summed E-state index contributed by atoms with van der Waals surface area (Å²) in [5, 5.41) is 6.44. The van der Waals surface area contributed by atoms with Crippen LogP contribution in [0.1, 0.15) is 18.2 Å². The minimum Gasteiger partial charge on any atom is -0.493 e. The molecular formula is C17H23N3O4. The van der Waals surface area contributed by atoms with E-state index in [1.807, 2.05) is 37.1 Å². The van der Waals surface area contributed by atoms with Crippen molar-refractivity contribution >= 4 is 11.7 Å². The number of likely N-dealkylation sites (N-methyl/N-ethyl adjacent to an activating group) is 1. The second-order valence-corrected chi connectivity index (χ2v) is 5.46. The molecule has 0 spiro atoms. The van der Waals surface area contributed by atoms with Crippen molar-refractivity contribution < 1.29 is 18.8 Å². The summed E-state index contributed by atoms with van der Waals surface area (Å²) in [6, 6.07) is 7.43.